The number of nitro groups is 1. The number of benzene rings is 3. The van der Waals surface area contributed by atoms with Gasteiger partial charge in [0.2, 0.25) is 0 Å². The second-order valence-corrected chi connectivity index (χ2v) is 9.90. The molecule has 0 radical (unpaired) electrons. The van der Waals surface area contributed by atoms with E-state index in [0.717, 1.165) is 11.3 Å². The monoisotopic (exact) mass is 574 g/mol. The van der Waals surface area contributed by atoms with Crippen molar-refractivity contribution in [1.82, 2.24) is 9.55 Å². The number of fused-ring (bicyclic) bond motifs is 1. The summed E-state index contributed by atoms with van der Waals surface area (Å²) < 4.78 is 6.54. The number of nitrogens with one attached hydrogen (secondary N) is 1. The molecule has 0 saturated heterocycles. The molecule has 2 heterocycles. The highest BCUT2D eigenvalue weighted by Crippen LogP contribution is 2.32. The number of non-ortho nitro benzene ring substituents is 1. The fourth-order valence-electron chi connectivity index (χ4n) is 4.21. The molecular weight excluding hydrogens is 556 g/mol. The zero-order valence-corrected chi connectivity index (χ0v) is 22.4. The Bertz CT molecular complexity index is 1850. The van der Waals surface area contributed by atoms with Crippen molar-refractivity contribution < 1.29 is 19.2 Å². The molecule has 3 aromatic carbocycles. The van der Waals surface area contributed by atoms with Crippen molar-refractivity contribution in [1.29, 1.82) is 0 Å². The minimum Gasteiger partial charge on any atom is -0.451 e. The number of ether oxygens (including phenoxy) is 1. The standard InChI is InChI=1S/C28H19ClN4O6S/c1-32-25(24(16-9-11-18(29)12-10-16)20-7-2-3-8-21(20)26(32)35)27(36)39-14-23(34)31-28-30-22(15-40-28)17-5-4-6-19(13-17)33(37)38/h2-13,15H,14H2,1H3,(H,30,31,34). The van der Waals surface area contributed by atoms with Gasteiger partial charge in [-0.25, -0.2) is 9.78 Å². The predicted octanol–water partition coefficient (Wildman–Crippen LogP) is 5.69. The first kappa shape index (κ1) is 26.7. The maximum absolute atomic E-state index is 13.3. The van der Waals surface area contributed by atoms with Crippen LogP contribution < -0.4 is 10.9 Å². The summed E-state index contributed by atoms with van der Waals surface area (Å²) in [4.78, 5) is 53.8. The van der Waals surface area contributed by atoms with E-state index in [1.807, 2.05) is 0 Å². The van der Waals surface area contributed by atoms with Gasteiger partial charge in [-0.2, -0.15) is 0 Å². The van der Waals surface area contributed by atoms with Crippen LogP contribution in [0.2, 0.25) is 5.02 Å². The number of halogens is 1. The molecule has 0 bridgehead atoms. The van der Waals surface area contributed by atoms with Crippen molar-refractivity contribution in [3.05, 3.63) is 109 Å². The Hall–Kier alpha value is -4.87. The molecule has 12 heteroatoms. The van der Waals surface area contributed by atoms with Crippen molar-refractivity contribution >= 4 is 56.4 Å². The largest absolute Gasteiger partial charge is 0.451 e. The van der Waals surface area contributed by atoms with Crippen LogP contribution in [0, 0.1) is 10.1 Å². The predicted molar refractivity (Wildman–Crippen MR) is 153 cm³/mol. The Morgan fingerprint density at radius 1 is 1.05 bits per heavy atom. The maximum Gasteiger partial charge on any atom is 0.356 e. The van der Waals surface area contributed by atoms with E-state index in [1.54, 1.807) is 66.0 Å². The number of hydrogen-bond acceptors (Lipinski definition) is 8. The molecule has 0 saturated carbocycles. The summed E-state index contributed by atoms with van der Waals surface area (Å²) in [6, 6.07) is 19.7. The SMILES string of the molecule is Cn1c(C(=O)OCC(=O)Nc2nc(-c3cccc([N+](=O)[O-])c3)cs2)c(-c2ccc(Cl)cc2)c2ccccc2c1=O. The Balaban J connectivity index is 1.37. The molecule has 0 spiro atoms. The Labute approximate surface area is 235 Å². The van der Waals surface area contributed by atoms with E-state index >= 15 is 0 Å². The number of pyridine rings is 1. The van der Waals surface area contributed by atoms with Crippen molar-refractivity contribution in [2.24, 2.45) is 7.05 Å². The van der Waals surface area contributed by atoms with Crippen LogP contribution in [-0.4, -0.2) is 33.0 Å². The average molecular weight is 575 g/mol. The summed E-state index contributed by atoms with van der Waals surface area (Å²) in [5.74, 6) is -1.51. The molecule has 2 aromatic heterocycles. The molecule has 0 aliphatic heterocycles. The Morgan fingerprint density at radius 2 is 1.77 bits per heavy atom. The van der Waals surface area contributed by atoms with Gasteiger partial charge >= 0.3 is 5.97 Å². The number of anilines is 1. The second kappa shape index (κ2) is 11.1. The molecule has 0 atom stereocenters. The highest BCUT2D eigenvalue weighted by molar-refractivity contribution is 7.14. The number of esters is 1. The topological polar surface area (TPSA) is 133 Å². The van der Waals surface area contributed by atoms with Crippen LogP contribution in [-0.2, 0) is 16.6 Å². The third-order valence-corrected chi connectivity index (χ3v) is 7.08. The number of carbonyl (C=O) groups is 2. The highest BCUT2D eigenvalue weighted by Gasteiger charge is 2.24. The minimum atomic E-state index is -0.859. The number of amides is 1. The first-order chi connectivity index (χ1) is 19.2. The van der Waals surface area contributed by atoms with Gasteiger partial charge in [0, 0.05) is 46.1 Å². The van der Waals surface area contributed by atoms with Gasteiger partial charge in [0.05, 0.1) is 10.6 Å². The normalized spacial score (nSPS) is 10.8. The molecule has 0 aliphatic rings. The number of aromatic nitrogens is 2. The molecule has 200 valence electrons. The van der Waals surface area contributed by atoms with E-state index < -0.39 is 23.4 Å². The van der Waals surface area contributed by atoms with E-state index in [-0.39, 0.29) is 22.1 Å². The van der Waals surface area contributed by atoms with Gasteiger partial charge in [-0.1, -0.05) is 54.1 Å². The first-order valence-electron chi connectivity index (χ1n) is 11.8. The van der Waals surface area contributed by atoms with Gasteiger partial charge in [-0.05, 0) is 29.1 Å². The number of carbonyl (C=O) groups excluding carboxylic acids is 2. The number of thiazole rings is 1. The summed E-state index contributed by atoms with van der Waals surface area (Å²) in [5, 5.41) is 17.0. The molecule has 5 rings (SSSR count). The molecule has 1 N–H and O–H groups in total. The first-order valence-corrected chi connectivity index (χ1v) is 13.0. The molecule has 0 aliphatic carbocycles. The zero-order chi connectivity index (χ0) is 28.4. The summed E-state index contributed by atoms with van der Waals surface area (Å²) in [5.41, 5.74) is 1.60. The molecule has 0 fully saturated rings. The average Bonchev–Trinajstić information content (AvgIpc) is 3.42. The lowest BCUT2D eigenvalue weighted by molar-refractivity contribution is -0.384. The summed E-state index contributed by atoms with van der Waals surface area (Å²) in [6.07, 6.45) is 0. The van der Waals surface area contributed by atoms with E-state index in [4.69, 9.17) is 16.3 Å². The molecular formula is C28H19ClN4O6S. The number of nitrogens with zero attached hydrogens (tertiary/aromatic N) is 3. The fraction of sp³-hybridized carbons (Fsp3) is 0.0714. The summed E-state index contributed by atoms with van der Waals surface area (Å²) in [6.45, 7) is -0.633. The van der Waals surface area contributed by atoms with Gasteiger partial charge in [0.25, 0.3) is 17.2 Å². The highest BCUT2D eigenvalue weighted by atomic mass is 35.5. The molecule has 1 amide bonds. The van der Waals surface area contributed by atoms with Gasteiger partial charge in [-0.3, -0.25) is 25.0 Å². The number of rotatable bonds is 7. The molecule has 10 nitrogen and oxygen atoms in total. The van der Waals surface area contributed by atoms with Crippen LogP contribution in [0.5, 0.6) is 0 Å². The Kier molecular flexibility index (Phi) is 7.41. The van der Waals surface area contributed by atoms with Gasteiger partial charge < -0.3 is 9.30 Å². The molecule has 5 aromatic rings. The zero-order valence-electron chi connectivity index (χ0n) is 20.8. The lowest BCUT2D eigenvalue weighted by atomic mass is 9.97. The number of nitro benzene ring substituents is 1. The van der Waals surface area contributed by atoms with Crippen LogP contribution >= 0.6 is 22.9 Å². The van der Waals surface area contributed by atoms with Crippen LogP contribution in [0.1, 0.15) is 10.5 Å². The minimum absolute atomic E-state index is 0.0129. The van der Waals surface area contributed by atoms with Crippen LogP contribution in [0.3, 0.4) is 0 Å². The van der Waals surface area contributed by atoms with E-state index in [9.17, 15) is 24.5 Å². The number of hydrogen-bond donors (Lipinski definition) is 1. The van der Waals surface area contributed by atoms with Crippen molar-refractivity contribution in [3.8, 4) is 22.4 Å². The fourth-order valence-corrected chi connectivity index (χ4v) is 5.07. The maximum atomic E-state index is 13.3. The van der Waals surface area contributed by atoms with E-state index in [1.165, 1.54) is 23.7 Å². The smallest absolute Gasteiger partial charge is 0.356 e. The van der Waals surface area contributed by atoms with E-state index in [2.05, 4.69) is 10.3 Å². The molecule has 40 heavy (non-hydrogen) atoms. The van der Waals surface area contributed by atoms with Crippen LogP contribution in [0.15, 0.2) is 83.0 Å². The second-order valence-electron chi connectivity index (χ2n) is 8.61. The lowest BCUT2D eigenvalue weighted by Crippen LogP contribution is -2.28. The third-order valence-electron chi connectivity index (χ3n) is 6.07. The lowest BCUT2D eigenvalue weighted by Gasteiger charge is -2.16. The van der Waals surface area contributed by atoms with Gasteiger partial charge in [0.1, 0.15) is 5.69 Å². The van der Waals surface area contributed by atoms with Gasteiger partial charge in [0.15, 0.2) is 11.7 Å². The Morgan fingerprint density at radius 3 is 2.50 bits per heavy atom. The van der Waals surface area contributed by atoms with Crippen molar-refractivity contribution in [3.63, 3.8) is 0 Å². The summed E-state index contributed by atoms with van der Waals surface area (Å²) >= 11 is 7.18. The third kappa shape index (κ3) is 5.33. The van der Waals surface area contributed by atoms with Crippen molar-refractivity contribution in [2.45, 2.75) is 0 Å². The van der Waals surface area contributed by atoms with Crippen molar-refractivity contribution in [2.75, 3.05) is 11.9 Å². The van der Waals surface area contributed by atoms with Gasteiger partial charge in [-0.15, -0.1) is 11.3 Å². The van der Waals surface area contributed by atoms with E-state index in [0.29, 0.717) is 38.2 Å². The quantitative estimate of drug-likeness (QED) is 0.150. The molecule has 0 unspecified atom stereocenters. The van der Waals surface area contributed by atoms with Crippen LogP contribution in [0.25, 0.3) is 33.2 Å². The summed E-state index contributed by atoms with van der Waals surface area (Å²) in [7, 11) is 1.47. The van der Waals surface area contributed by atoms with Crippen LogP contribution in [0.4, 0.5) is 10.8 Å².